The first-order valence-electron chi connectivity index (χ1n) is 8.00. The second-order valence-electron chi connectivity index (χ2n) is 6.23. The molecule has 136 valence electrons. The first-order chi connectivity index (χ1) is 12.3. The van der Waals surface area contributed by atoms with Gasteiger partial charge in [0.15, 0.2) is 11.2 Å². The van der Waals surface area contributed by atoms with Crippen molar-refractivity contribution >= 4 is 29.0 Å². The molecule has 3 aromatic rings. The highest BCUT2D eigenvalue weighted by molar-refractivity contribution is 5.81. The summed E-state index contributed by atoms with van der Waals surface area (Å²) in [7, 11) is 8.68. The number of anilines is 2. The summed E-state index contributed by atoms with van der Waals surface area (Å²) in [6, 6.07) is 7.90. The number of nitrogens with zero attached hydrogens (tertiary/aromatic N) is 6. The van der Waals surface area contributed by atoms with Gasteiger partial charge in [0, 0.05) is 40.9 Å². The Bertz CT molecular complexity index is 1100. The van der Waals surface area contributed by atoms with Crippen LogP contribution in [0.5, 0.6) is 0 Å². The first kappa shape index (κ1) is 17.5. The van der Waals surface area contributed by atoms with Crippen LogP contribution in [-0.4, -0.2) is 39.0 Å². The molecule has 0 atom stereocenters. The molecule has 0 spiro atoms. The largest absolute Gasteiger partial charge is 0.378 e. The lowest BCUT2D eigenvalue weighted by atomic mass is 10.2. The van der Waals surface area contributed by atoms with E-state index in [-0.39, 0.29) is 0 Å². The molecular weight excluding hydrogens is 334 g/mol. The van der Waals surface area contributed by atoms with Crippen molar-refractivity contribution in [2.75, 3.05) is 24.4 Å². The summed E-state index contributed by atoms with van der Waals surface area (Å²) in [4.78, 5) is 30.7. The SMILES string of the molecule is CN(C)c1ccc(C=NNc2nc3c(c(=O)n(C)c(=O)n3C)n2C)cc1. The molecule has 1 N–H and O–H groups in total. The molecule has 1 aromatic carbocycles. The fraction of sp³-hybridized carbons (Fsp3) is 0.294. The molecule has 3 rings (SSSR count). The monoisotopic (exact) mass is 355 g/mol. The summed E-state index contributed by atoms with van der Waals surface area (Å²) in [6.45, 7) is 0. The van der Waals surface area contributed by atoms with Gasteiger partial charge in [-0.1, -0.05) is 12.1 Å². The fourth-order valence-electron chi connectivity index (χ4n) is 2.64. The Morgan fingerprint density at radius 3 is 2.31 bits per heavy atom. The van der Waals surface area contributed by atoms with Crippen LogP contribution in [0.4, 0.5) is 11.6 Å². The quantitative estimate of drug-likeness (QED) is 0.543. The standard InChI is InChI=1S/C17H21N7O2/c1-21(2)12-8-6-11(7-9-12)10-18-20-16-19-14-13(22(16)3)15(25)24(5)17(26)23(14)4/h6-10H,1-5H3,(H,19,20). The third kappa shape index (κ3) is 2.87. The Morgan fingerprint density at radius 1 is 1.04 bits per heavy atom. The van der Waals surface area contributed by atoms with E-state index in [2.05, 4.69) is 15.5 Å². The molecule has 0 aliphatic heterocycles. The topological polar surface area (TPSA) is 89.5 Å². The maximum atomic E-state index is 12.3. The molecule has 0 fully saturated rings. The van der Waals surface area contributed by atoms with Crippen LogP contribution < -0.4 is 21.6 Å². The smallest absolute Gasteiger partial charge is 0.332 e. The average Bonchev–Trinajstić information content (AvgIpc) is 2.95. The Balaban J connectivity index is 1.91. The average molecular weight is 355 g/mol. The zero-order valence-electron chi connectivity index (χ0n) is 15.4. The van der Waals surface area contributed by atoms with Crippen molar-refractivity contribution in [1.29, 1.82) is 0 Å². The molecule has 2 heterocycles. The number of aromatic nitrogens is 4. The number of fused-ring (bicyclic) bond motifs is 1. The molecule has 0 saturated heterocycles. The number of hydrogen-bond acceptors (Lipinski definition) is 6. The van der Waals surface area contributed by atoms with Crippen LogP contribution >= 0.6 is 0 Å². The molecule has 0 aliphatic carbocycles. The number of hydrogen-bond donors (Lipinski definition) is 1. The highest BCUT2D eigenvalue weighted by Gasteiger charge is 2.16. The molecule has 9 nitrogen and oxygen atoms in total. The minimum Gasteiger partial charge on any atom is -0.378 e. The maximum Gasteiger partial charge on any atom is 0.332 e. The summed E-state index contributed by atoms with van der Waals surface area (Å²) >= 11 is 0. The minimum atomic E-state index is -0.420. The number of imidazole rings is 1. The fourth-order valence-corrected chi connectivity index (χ4v) is 2.64. The van der Waals surface area contributed by atoms with E-state index < -0.39 is 11.2 Å². The van der Waals surface area contributed by atoms with Crippen molar-refractivity contribution in [3.05, 3.63) is 50.7 Å². The van der Waals surface area contributed by atoms with Crippen LogP contribution in [-0.2, 0) is 21.1 Å². The van der Waals surface area contributed by atoms with Gasteiger partial charge < -0.3 is 9.47 Å². The Morgan fingerprint density at radius 2 is 1.69 bits per heavy atom. The number of hydrazone groups is 1. The maximum absolute atomic E-state index is 12.3. The number of aryl methyl sites for hydroxylation is 2. The highest BCUT2D eigenvalue weighted by Crippen LogP contribution is 2.14. The molecule has 0 radical (unpaired) electrons. The molecule has 0 saturated carbocycles. The van der Waals surface area contributed by atoms with Crippen molar-refractivity contribution in [3.8, 4) is 0 Å². The van der Waals surface area contributed by atoms with Crippen LogP contribution in [0, 0.1) is 0 Å². The third-order valence-electron chi connectivity index (χ3n) is 4.26. The lowest BCUT2D eigenvalue weighted by Gasteiger charge is -2.11. The molecule has 0 bridgehead atoms. The lowest BCUT2D eigenvalue weighted by molar-refractivity contribution is 0.705. The number of benzene rings is 1. The van der Waals surface area contributed by atoms with Crippen molar-refractivity contribution in [3.63, 3.8) is 0 Å². The summed E-state index contributed by atoms with van der Waals surface area (Å²) in [5.41, 5.74) is 4.69. The van der Waals surface area contributed by atoms with Gasteiger partial charge in [0.2, 0.25) is 5.95 Å². The van der Waals surface area contributed by atoms with Crippen molar-refractivity contribution in [1.82, 2.24) is 18.7 Å². The van der Waals surface area contributed by atoms with E-state index in [1.165, 1.54) is 11.6 Å². The van der Waals surface area contributed by atoms with Gasteiger partial charge in [-0.15, -0.1) is 0 Å². The van der Waals surface area contributed by atoms with Crippen LogP contribution in [0.2, 0.25) is 0 Å². The molecule has 26 heavy (non-hydrogen) atoms. The van der Waals surface area contributed by atoms with E-state index in [0.717, 1.165) is 15.8 Å². The van der Waals surface area contributed by atoms with Crippen molar-refractivity contribution < 1.29 is 0 Å². The van der Waals surface area contributed by atoms with Gasteiger partial charge in [0.1, 0.15) is 0 Å². The molecule has 2 aromatic heterocycles. The van der Waals surface area contributed by atoms with E-state index in [0.29, 0.717) is 17.1 Å². The zero-order chi connectivity index (χ0) is 19.0. The predicted molar refractivity (Wildman–Crippen MR) is 103 cm³/mol. The van der Waals surface area contributed by atoms with Crippen LogP contribution in [0.3, 0.4) is 0 Å². The second kappa shape index (κ2) is 6.51. The summed E-state index contributed by atoms with van der Waals surface area (Å²) in [5.74, 6) is 0.375. The van der Waals surface area contributed by atoms with E-state index in [1.807, 2.05) is 43.3 Å². The molecule has 0 amide bonds. The third-order valence-corrected chi connectivity index (χ3v) is 4.26. The number of nitrogens with one attached hydrogen (secondary N) is 1. The first-order valence-corrected chi connectivity index (χ1v) is 8.00. The van der Waals surface area contributed by atoms with E-state index >= 15 is 0 Å². The van der Waals surface area contributed by atoms with Crippen LogP contribution in [0.25, 0.3) is 11.2 Å². The Kier molecular flexibility index (Phi) is 4.37. The zero-order valence-corrected chi connectivity index (χ0v) is 15.4. The van der Waals surface area contributed by atoms with Crippen molar-refractivity contribution in [2.24, 2.45) is 26.2 Å². The van der Waals surface area contributed by atoms with Gasteiger partial charge in [-0.3, -0.25) is 13.9 Å². The van der Waals surface area contributed by atoms with Gasteiger partial charge in [0.25, 0.3) is 5.56 Å². The van der Waals surface area contributed by atoms with E-state index in [9.17, 15) is 9.59 Å². The molecule has 0 unspecified atom stereocenters. The van der Waals surface area contributed by atoms with E-state index in [4.69, 9.17) is 0 Å². The van der Waals surface area contributed by atoms with Gasteiger partial charge in [-0.2, -0.15) is 10.1 Å². The van der Waals surface area contributed by atoms with Gasteiger partial charge >= 0.3 is 5.69 Å². The van der Waals surface area contributed by atoms with Crippen LogP contribution in [0.1, 0.15) is 5.56 Å². The Labute approximate surface area is 149 Å². The van der Waals surface area contributed by atoms with Crippen molar-refractivity contribution in [2.45, 2.75) is 0 Å². The van der Waals surface area contributed by atoms with Gasteiger partial charge in [-0.25, -0.2) is 10.2 Å². The second-order valence-corrected chi connectivity index (χ2v) is 6.23. The summed E-state index contributed by atoms with van der Waals surface area (Å²) < 4.78 is 3.98. The highest BCUT2D eigenvalue weighted by atomic mass is 16.2. The van der Waals surface area contributed by atoms with Gasteiger partial charge in [-0.05, 0) is 17.7 Å². The van der Waals surface area contributed by atoms with Crippen LogP contribution in [0.15, 0.2) is 39.0 Å². The molecular formula is C17H21N7O2. The summed E-state index contributed by atoms with van der Waals surface area (Å²) in [5, 5.41) is 4.18. The van der Waals surface area contributed by atoms with E-state index in [1.54, 1.807) is 24.9 Å². The minimum absolute atomic E-state index is 0.314. The normalized spacial score (nSPS) is 11.4. The van der Waals surface area contributed by atoms with Gasteiger partial charge in [0.05, 0.1) is 6.21 Å². The molecule has 9 heteroatoms. The number of rotatable bonds is 4. The Hall–Kier alpha value is -3.36. The lowest BCUT2D eigenvalue weighted by Crippen LogP contribution is -2.37. The molecule has 0 aliphatic rings. The summed E-state index contributed by atoms with van der Waals surface area (Å²) in [6.07, 6.45) is 1.66. The predicted octanol–water partition coefficient (Wildman–Crippen LogP) is 0.483.